The van der Waals surface area contributed by atoms with E-state index in [9.17, 15) is 5.11 Å². The molecular formula is C24H33N5O4. The molecule has 0 aromatic carbocycles. The van der Waals surface area contributed by atoms with E-state index in [4.69, 9.17) is 18.9 Å². The van der Waals surface area contributed by atoms with Crippen molar-refractivity contribution in [1.29, 1.82) is 0 Å². The molecule has 3 N–H and O–H groups in total. The molecule has 178 valence electrons. The number of aliphatic hydroxyl groups excluding tert-OH is 1. The average Bonchev–Trinajstić information content (AvgIpc) is 3.43. The normalized spacial score (nSPS) is 18.1. The lowest BCUT2D eigenvalue weighted by Gasteiger charge is -2.18. The van der Waals surface area contributed by atoms with E-state index in [1.54, 1.807) is 13.3 Å². The predicted molar refractivity (Wildman–Crippen MR) is 128 cm³/mol. The van der Waals surface area contributed by atoms with Crippen LogP contribution in [-0.2, 0) is 4.74 Å². The van der Waals surface area contributed by atoms with Crippen LogP contribution in [0.3, 0.4) is 0 Å². The third kappa shape index (κ3) is 5.54. The second kappa shape index (κ2) is 10.8. The van der Waals surface area contributed by atoms with Crippen molar-refractivity contribution in [1.82, 2.24) is 15.0 Å². The SMILES string of the molecule is CCCOc1cc2cc(-c3c(C)nc(NCCOC)nc3NC3CCC(CO)C3)oc2cn1. The fourth-order valence-corrected chi connectivity index (χ4v) is 4.22. The maximum Gasteiger partial charge on any atom is 0.224 e. The zero-order valence-corrected chi connectivity index (χ0v) is 19.6. The molecule has 0 aliphatic heterocycles. The van der Waals surface area contributed by atoms with Crippen LogP contribution >= 0.6 is 0 Å². The van der Waals surface area contributed by atoms with Gasteiger partial charge in [-0.2, -0.15) is 4.98 Å². The second-order valence-electron chi connectivity index (χ2n) is 8.50. The fourth-order valence-electron chi connectivity index (χ4n) is 4.22. The molecule has 1 aliphatic carbocycles. The lowest BCUT2D eigenvalue weighted by molar-refractivity contribution is 0.210. The Morgan fingerprint density at radius 3 is 2.85 bits per heavy atom. The maximum atomic E-state index is 9.54. The summed E-state index contributed by atoms with van der Waals surface area (Å²) < 4.78 is 17.0. The largest absolute Gasteiger partial charge is 0.478 e. The molecule has 9 nitrogen and oxygen atoms in total. The highest BCUT2D eigenvalue weighted by Crippen LogP contribution is 2.37. The number of aryl methyl sites for hydroxylation is 1. The van der Waals surface area contributed by atoms with Crippen molar-refractivity contribution in [3.8, 4) is 17.2 Å². The number of aromatic nitrogens is 3. The lowest BCUT2D eigenvalue weighted by atomic mass is 10.1. The van der Waals surface area contributed by atoms with Crippen LogP contribution in [0, 0.1) is 12.8 Å². The molecular weight excluding hydrogens is 422 g/mol. The number of nitrogens with zero attached hydrogens (tertiary/aromatic N) is 3. The zero-order chi connectivity index (χ0) is 23.2. The van der Waals surface area contributed by atoms with Crippen molar-refractivity contribution in [3.63, 3.8) is 0 Å². The number of aliphatic hydroxyl groups is 1. The first kappa shape index (κ1) is 23.3. The van der Waals surface area contributed by atoms with E-state index in [-0.39, 0.29) is 12.6 Å². The summed E-state index contributed by atoms with van der Waals surface area (Å²) >= 11 is 0. The number of rotatable bonds is 11. The molecule has 33 heavy (non-hydrogen) atoms. The van der Waals surface area contributed by atoms with Crippen LogP contribution in [0.25, 0.3) is 22.3 Å². The van der Waals surface area contributed by atoms with Gasteiger partial charge in [0.1, 0.15) is 11.6 Å². The number of ether oxygens (including phenoxy) is 2. The molecule has 2 atom stereocenters. The Balaban J connectivity index is 1.67. The van der Waals surface area contributed by atoms with Crippen molar-refractivity contribution in [2.75, 3.05) is 44.1 Å². The first-order chi connectivity index (χ1) is 16.1. The van der Waals surface area contributed by atoms with Crippen LogP contribution in [0.2, 0.25) is 0 Å². The summed E-state index contributed by atoms with van der Waals surface area (Å²) in [6, 6.07) is 4.11. The Bertz CT molecular complexity index is 1070. The van der Waals surface area contributed by atoms with Crippen molar-refractivity contribution >= 4 is 22.7 Å². The summed E-state index contributed by atoms with van der Waals surface area (Å²) in [6.45, 7) is 6.03. The summed E-state index contributed by atoms with van der Waals surface area (Å²) in [5.41, 5.74) is 2.31. The van der Waals surface area contributed by atoms with Gasteiger partial charge in [-0.3, -0.25) is 0 Å². The lowest BCUT2D eigenvalue weighted by Crippen LogP contribution is -2.19. The van der Waals surface area contributed by atoms with Gasteiger partial charge in [-0.15, -0.1) is 0 Å². The number of anilines is 2. The van der Waals surface area contributed by atoms with Gasteiger partial charge in [0.15, 0.2) is 5.58 Å². The van der Waals surface area contributed by atoms with Crippen molar-refractivity contribution < 1.29 is 19.0 Å². The summed E-state index contributed by atoms with van der Waals surface area (Å²) in [6.07, 6.45) is 5.51. The van der Waals surface area contributed by atoms with Gasteiger partial charge >= 0.3 is 0 Å². The molecule has 0 spiro atoms. The molecule has 1 fully saturated rings. The van der Waals surface area contributed by atoms with E-state index in [2.05, 4.69) is 27.5 Å². The van der Waals surface area contributed by atoms with Gasteiger partial charge in [0.05, 0.1) is 30.7 Å². The highest BCUT2D eigenvalue weighted by molar-refractivity contribution is 5.86. The van der Waals surface area contributed by atoms with Crippen molar-refractivity contribution in [3.05, 3.63) is 24.0 Å². The molecule has 3 aromatic rings. The third-order valence-corrected chi connectivity index (χ3v) is 5.90. The Hall–Kier alpha value is -2.91. The maximum absolute atomic E-state index is 9.54. The number of methoxy groups -OCH3 is 1. The average molecular weight is 456 g/mol. The standard InChI is InChI=1S/C24H33N5O4/c1-4-8-32-21-12-17-11-19(33-20(17)13-26-21)22-15(2)27-24(25-7-9-31-3)29-23(22)28-18-6-5-16(10-18)14-30/h11-13,16,18,30H,4-10,14H2,1-3H3,(H2,25,27,28,29). The third-order valence-electron chi connectivity index (χ3n) is 5.90. The first-order valence-corrected chi connectivity index (χ1v) is 11.6. The smallest absolute Gasteiger partial charge is 0.224 e. The monoisotopic (exact) mass is 455 g/mol. The topological polar surface area (TPSA) is 115 Å². The van der Waals surface area contributed by atoms with Crippen LogP contribution < -0.4 is 15.4 Å². The predicted octanol–water partition coefficient (Wildman–Crippen LogP) is 4.01. The minimum Gasteiger partial charge on any atom is -0.478 e. The minimum absolute atomic E-state index is 0.219. The van der Waals surface area contributed by atoms with E-state index in [0.717, 1.165) is 48.1 Å². The molecule has 1 saturated carbocycles. The van der Waals surface area contributed by atoms with E-state index >= 15 is 0 Å². The second-order valence-corrected chi connectivity index (χ2v) is 8.50. The molecule has 0 radical (unpaired) electrons. The van der Waals surface area contributed by atoms with Crippen LogP contribution in [0.5, 0.6) is 5.88 Å². The van der Waals surface area contributed by atoms with Gasteiger partial charge in [0, 0.05) is 37.8 Å². The molecule has 0 amide bonds. The van der Waals surface area contributed by atoms with Gasteiger partial charge in [0.2, 0.25) is 11.8 Å². The Kier molecular flexibility index (Phi) is 7.61. The number of fused-ring (bicyclic) bond motifs is 1. The summed E-state index contributed by atoms with van der Waals surface area (Å²) in [5, 5.41) is 17.3. The van der Waals surface area contributed by atoms with Crippen LogP contribution in [0.1, 0.15) is 38.3 Å². The molecule has 0 bridgehead atoms. The number of furan rings is 1. The van der Waals surface area contributed by atoms with Gasteiger partial charge < -0.3 is 29.6 Å². The molecule has 2 unspecified atom stereocenters. The first-order valence-electron chi connectivity index (χ1n) is 11.6. The van der Waals surface area contributed by atoms with Crippen molar-refractivity contribution in [2.24, 2.45) is 5.92 Å². The zero-order valence-electron chi connectivity index (χ0n) is 19.6. The highest BCUT2D eigenvalue weighted by atomic mass is 16.5. The summed E-state index contributed by atoms with van der Waals surface area (Å²) in [5.74, 6) is 2.86. The molecule has 0 saturated heterocycles. The van der Waals surface area contributed by atoms with Gasteiger partial charge in [0.25, 0.3) is 0 Å². The van der Waals surface area contributed by atoms with Gasteiger partial charge in [-0.1, -0.05) is 6.92 Å². The minimum atomic E-state index is 0.219. The Morgan fingerprint density at radius 2 is 2.09 bits per heavy atom. The Labute approximate surface area is 193 Å². The summed E-state index contributed by atoms with van der Waals surface area (Å²) in [7, 11) is 1.66. The van der Waals surface area contributed by atoms with E-state index in [0.29, 0.717) is 48.8 Å². The number of hydrogen-bond acceptors (Lipinski definition) is 9. The number of hydrogen-bond donors (Lipinski definition) is 3. The number of pyridine rings is 1. The van der Waals surface area contributed by atoms with E-state index in [1.807, 2.05) is 19.1 Å². The molecule has 1 aliphatic rings. The summed E-state index contributed by atoms with van der Waals surface area (Å²) in [4.78, 5) is 13.8. The molecule has 9 heteroatoms. The Morgan fingerprint density at radius 1 is 1.21 bits per heavy atom. The molecule has 3 aromatic heterocycles. The van der Waals surface area contributed by atoms with Gasteiger partial charge in [-0.25, -0.2) is 9.97 Å². The molecule has 3 heterocycles. The van der Waals surface area contributed by atoms with Crippen LogP contribution in [0.4, 0.5) is 11.8 Å². The fraction of sp³-hybridized carbons (Fsp3) is 0.542. The number of nitrogens with one attached hydrogen (secondary N) is 2. The van der Waals surface area contributed by atoms with Gasteiger partial charge in [-0.05, 0) is 44.6 Å². The quantitative estimate of drug-likeness (QED) is 0.369. The van der Waals surface area contributed by atoms with Crippen LogP contribution in [0.15, 0.2) is 22.7 Å². The van der Waals surface area contributed by atoms with E-state index in [1.165, 1.54) is 0 Å². The highest BCUT2D eigenvalue weighted by Gasteiger charge is 2.26. The van der Waals surface area contributed by atoms with E-state index < -0.39 is 0 Å². The van der Waals surface area contributed by atoms with Crippen molar-refractivity contribution in [2.45, 2.75) is 45.6 Å². The van der Waals surface area contributed by atoms with Crippen LogP contribution in [-0.4, -0.2) is 59.6 Å². The molecule has 4 rings (SSSR count).